The number of hydrogen-bond donors (Lipinski definition) is 1. The van der Waals surface area contributed by atoms with Gasteiger partial charge in [0.15, 0.2) is 0 Å². The molecule has 1 N–H and O–H groups in total. The van der Waals surface area contributed by atoms with Crippen LogP contribution in [0.1, 0.15) is 31.2 Å². The van der Waals surface area contributed by atoms with Crippen molar-refractivity contribution in [1.82, 2.24) is 14.5 Å². The molecule has 2 aliphatic rings. The van der Waals surface area contributed by atoms with E-state index < -0.39 is 21.8 Å². The number of piperazine rings is 1. The summed E-state index contributed by atoms with van der Waals surface area (Å²) in [5.41, 5.74) is -0.894. The lowest BCUT2D eigenvalue weighted by Gasteiger charge is -2.34. The first-order chi connectivity index (χ1) is 12.7. The molecule has 150 valence electrons. The maximum absolute atomic E-state index is 12.6. The predicted molar refractivity (Wildman–Crippen MR) is 92.6 cm³/mol. The van der Waals surface area contributed by atoms with Crippen molar-refractivity contribution >= 4 is 16.1 Å². The Morgan fingerprint density at radius 2 is 1.56 bits per heavy atom. The Bertz CT molecular complexity index is 767. The lowest BCUT2D eigenvalue weighted by molar-refractivity contribution is -0.137. The molecule has 10 heteroatoms. The van der Waals surface area contributed by atoms with Gasteiger partial charge in [-0.05, 0) is 37.1 Å². The van der Waals surface area contributed by atoms with E-state index in [1.807, 2.05) is 0 Å². The molecule has 1 aromatic carbocycles. The first kappa shape index (κ1) is 19.9. The number of alkyl halides is 3. The topological polar surface area (TPSA) is 69.7 Å². The average molecular weight is 405 g/mol. The molecule has 0 unspecified atom stereocenters. The van der Waals surface area contributed by atoms with Gasteiger partial charge in [-0.15, -0.1) is 0 Å². The van der Waals surface area contributed by atoms with Crippen molar-refractivity contribution < 1.29 is 26.4 Å². The molecule has 1 aromatic rings. The Morgan fingerprint density at radius 1 is 1.00 bits per heavy atom. The van der Waals surface area contributed by atoms with E-state index >= 15 is 0 Å². The van der Waals surface area contributed by atoms with Crippen LogP contribution in [-0.2, 0) is 16.2 Å². The number of sulfonamides is 1. The van der Waals surface area contributed by atoms with Crippen molar-refractivity contribution in [1.29, 1.82) is 0 Å². The summed E-state index contributed by atoms with van der Waals surface area (Å²) < 4.78 is 64.4. The number of nitrogens with one attached hydrogen (secondary N) is 1. The summed E-state index contributed by atoms with van der Waals surface area (Å²) >= 11 is 0. The van der Waals surface area contributed by atoms with E-state index in [9.17, 15) is 26.4 Å². The number of benzene rings is 1. The monoisotopic (exact) mass is 405 g/mol. The molecular weight excluding hydrogens is 383 g/mol. The van der Waals surface area contributed by atoms with Gasteiger partial charge in [-0.3, -0.25) is 0 Å². The third kappa shape index (κ3) is 4.55. The van der Waals surface area contributed by atoms with Crippen LogP contribution in [-0.4, -0.2) is 55.9 Å². The summed E-state index contributed by atoms with van der Waals surface area (Å²) in [4.78, 5) is 13.7. The van der Waals surface area contributed by atoms with Crippen LogP contribution in [0.3, 0.4) is 0 Å². The Kier molecular flexibility index (Phi) is 5.66. The van der Waals surface area contributed by atoms with E-state index in [-0.39, 0.29) is 43.1 Å². The first-order valence-electron chi connectivity index (χ1n) is 8.91. The Balaban J connectivity index is 1.60. The quantitative estimate of drug-likeness (QED) is 0.841. The average Bonchev–Trinajstić information content (AvgIpc) is 3.14. The molecule has 1 saturated carbocycles. The molecule has 0 atom stereocenters. The number of halogens is 3. The Hall–Kier alpha value is -1.81. The molecular formula is C17H22F3N3O3S. The second-order valence-corrected chi connectivity index (χ2v) is 8.78. The largest absolute Gasteiger partial charge is 0.416 e. The van der Waals surface area contributed by atoms with Crippen LogP contribution in [0, 0.1) is 0 Å². The van der Waals surface area contributed by atoms with Gasteiger partial charge < -0.3 is 10.2 Å². The predicted octanol–water partition coefficient (Wildman–Crippen LogP) is 2.66. The summed E-state index contributed by atoms with van der Waals surface area (Å²) in [7, 11) is -3.89. The summed E-state index contributed by atoms with van der Waals surface area (Å²) in [6.45, 7) is 0.722. The van der Waals surface area contributed by atoms with Crippen molar-refractivity contribution in [2.75, 3.05) is 26.2 Å². The molecule has 1 aliphatic carbocycles. The Labute approximate surface area is 156 Å². The molecule has 0 aromatic heterocycles. The molecule has 2 amide bonds. The highest BCUT2D eigenvalue weighted by Gasteiger charge is 2.33. The van der Waals surface area contributed by atoms with Gasteiger partial charge in [-0.1, -0.05) is 12.8 Å². The van der Waals surface area contributed by atoms with Crippen LogP contribution in [0.15, 0.2) is 29.2 Å². The van der Waals surface area contributed by atoms with Gasteiger partial charge in [0.2, 0.25) is 10.0 Å². The molecule has 1 aliphatic heterocycles. The third-order valence-corrected chi connectivity index (χ3v) is 6.94. The van der Waals surface area contributed by atoms with Gasteiger partial charge in [0.05, 0.1) is 10.5 Å². The summed E-state index contributed by atoms with van der Waals surface area (Å²) in [5, 5.41) is 2.97. The fourth-order valence-corrected chi connectivity index (χ4v) is 4.85. The standard InChI is InChI=1S/C17H22F3N3O3S/c18-17(19,20)13-5-7-15(8-6-13)27(25,26)23-11-9-22(10-12-23)16(24)21-14-3-1-2-4-14/h5-8,14H,1-4,9-12H2,(H,21,24). The van der Waals surface area contributed by atoms with Gasteiger partial charge >= 0.3 is 12.2 Å². The van der Waals surface area contributed by atoms with E-state index in [0.29, 0.717) is 0 Å². The molecule has 2 fully saturated rings. The van der Waals surface area contributed by atoms with Crippen LogP contribution >= 0.6 is 0 Å². The lowest BCUT2D eigenvalue weighted by atomic mass is 10.2. The minimum absolute atomic E-state index is 0.113. The number of amides is 2. The van der Waals surface area contributed by atoms with Crippen LogP contribution in [0.25, 0.3) is 0 Å². The van der Waals surface area contributed by atoms with Crippen LogP contribution < -0.4 is 5.32 Å². The number of urea groups is 1. The summed E-state index contributed by atoms with van der Waals surface area (Å²) in [5.74, 6) is 0. The van der Waals surface area contributed by atoms with Gasteiger partial charge in [0, 0.05) is 32.2 Å². The fraction of sp³-hybridized carbons (Fsp3) is 0.588. The first-order valence-corrected chi connectivity index (χ1v) is 10.3. The highest BCUT2D eigenvalue weighted by atomic mass is 32.2. The van der Waals surface area contributed by atoms with Gasteiger partial charge in [-0.25, -0.2) is 13.2 Å². The van der Waals surface area contributed by atoms with E-state index in [2.05, 4.69) is 5.32 Å². The van der Waals surface area contributed by atoms with Gasteiger partial charge in [-0.2, -0.15) is 17.5 Å². The van der Waals surface area contributed by atoms with E-state index in [1.165, 1.54) is 4.31 Å². The second kappa shape index (κ2) is 7.67. The van der Waals surface area contributed by atoms with E-state index in [4.69, 9.17) is 0 Å². The van der Waals surface area contributed by atoms with Crippen molar-refractivity contribution in [3.8, 4) is 0 Å². The smallest absolute Gasteiger partial charge is 0.335 e. The summed E-state index contributed by atoms with van der Waals surface area (Å²) in [6.07, 6.45) is -0.378. The number of carbonyl (C=O) groups is 1. The number of rotatable bonds is 3. The van der Waals surface area contributed by atoms with E-state index in [1.54, 1.807) is 4.90 Å². The molecule has 0 radical (unpaired) electrons. The zero-order chi connectivity index (χ0) is 19.7. The molecule has 3 rings (SSSR count). The molecule has 6 nitrogen and oxygen atoms in total. The van der Waals surface area contributed by atoms with Crippen LogP contribution in [0.5, 0.6) is 0 Å². The third-order valence-electron chi connectivity index (χ3n) is 5.03. The van der Waals surface area contributed by atoms with Gasteiger partial charge in [0.1, 0.15) is 0 Å². The minimum Gasteiger partial charge on any atom is -0.335 e. The van der Waals surface area contributed by atoms with Crippen molar-refractivity contribution in [2.24, 2.45) is 0 Å². The van der Waals surface area contributed by atoms with E-state index in [0.717, 1.165) is 49.9 Å². The number of carbonyl (C=O) groups excluding carboxylic acids is 1. The fourth-order valence-electron chi connectivity index (χ4n) is 3.43. The number of nitrogens with zero attached hydrogens (tertiary/aromatic N) is 2. The zero-order valence-electron chi connectivity index (χ0n) is 14.7. The van der Waals surface area contributed by atoms with Crippen LogP contribution in [0.4, 0.5) is 18.0 Å². The highest BCUT2D eigenvalue weighted by Crippen LogP contribution is 2.30. The minimum atomic E-state index is -4.51. The molecule has 27 heavy (non-hydrogen) atoms. The zero-order valence-corrected chi connectivity index (χ0v) is 15.5. The second-order valence-electron chi connectivity index (χ2n) is 6.84. The highest BCUT2D eigenvalue weighted by molar-refractivity contribution is 7.89. The SMILES string of the molecule is O=C(NC1CCCC1)N1CCN(S(=O)(=O)c2ccc(C(F)(F)F)cc2)CC1. The molecule has 1 heterocycles. The van der Waals surface area contributed by atoms with Crippen molar-refractivity contribution in [2.45, 2.75) is 42.8 Å². The lowest BCUT2D eigenvalue weighted by Crippen LogP contribution is -2.54. The maximum atomic E-state index is 12.6. The maximum Gasteiger partial charge on any atom is 0.416 e. The van der Waals surface area contributed by atoms with Crippen LogP contribution in [0.2, 0.25) is 0 Å². The molecule has 0 bridgehead atoms. The summed E-state index contributed by atoms with van der Waals surface area (Å²) in [6, 6.07) is 3.46. The van der Waals surface area contributed by atoms with Crippen molar-refractivity contribution in [3.63, 3.8) is 0 Å². The normalized spacial score (nSPS) is 20.0. The van der Waals surface area contributed by atoms with Gasteiger partial charge in [0.25, 0.3) is 0 Å². The molecule has 1 saturated heterocycles. The number of hydrogen-bond acceptors (Lipinski definition) is 3. The molecule has 0 spiro atoms. The Morgan fingerprint density at radius 3 is 2.07 bits per heavy atom. The van der Waals surface area contributed by atoms with Crippen molar-refractivity contribution in [3.05, 3.63) is 29.8 Å².